The van der Waals surface area contributed by atoms with Gasteiger partial charge in [0.2, 0.25) is 0 Å². The minimum Gasteiger partial charge on any atom is -0.396 e. The summed E-state index contributed by atoms with van der Waals surface area (Å²) in [7, 11) is 2.22. The summed E-state index contributed by atoms with van der Waals surface area (Å²) in [4.78, 5) is 1.60. The zero-order valence-electron chi connectivity index (χ0n) is 6.06. The van der Waals surface area contributed by atoms with Crippen LogP contribution in [0.3, 0.4) is 0 Å². The van der Waals surface area contributed by atoms with Crippen molar-refractivity contribution in [2.75, 3.05) is 20.2 Å². The van der Waals surface area contributed by atoms with Gasteiger partial charge in [0.25, 0.3) is 0 Å². The maximum atomic E-state index is 8.63. The van der Waals surface area contributed by atoms with E-state index in [9.17, 15) is 0 Å². The molecule has 1 fully saturated rings. The Morgan fingerprint density at radius 1 is 1.67 bits per heavy atom. The van der Waals surface area contributed by atoms with Crippen LogP contribution in [0.15, 0.2) is 0 Å². The summed E-state index contributed by atoms with van der Waals surface area (Å²) in [6.07, 6.45) is 3.65. The summed E-state index contributed by atoms with van der Waals surface area (Å²) >= 11 is 0. The van der Waals surface area contributed by atoms with Crippen molar-refractivity contribution in [3.8, 4) is 0 Å². The van der Waals surface area contributed by atoms with Gasteiger partial charge in [-0.15, -0.1) is 0 Å². The third-order valence-electron chi connectivity index (χ3n) is 2.30. The van der Waals surface area contributed by atoms with E-state index >= 15 is 0 Å². The normalized spacial score (nSPS) is 35.3. The number of hydrogen-bond acceptors (Lipinski definition) is 1. The van der Waals surface area contributed by atoms with Crippen LogP contribution in [0.5, 0.6) is 0 Å². The molecule has 54 valence electrons. The molecule has 0 amide bonds. The van der Waals surface area contributed by atoms with E-state index in [0.717, 1.165) is 12.5 Å². The Bertz CT molecular complexity index is 85.0. The molecule has 1 saturated heterocycles. The number of aliphatic hydroxyl groups is 1. The molecule has 2 heteroatoms. The number of quaternary nitrogens is 1. The average Bonchev–Trinajstić information content (AvgIpc) is 2.18. The number of hydrogen-bond donors (Lipinski definition) is 2. The van der Waals surface area contributed by atoms with Crippen LogP contribution in [-0.2, 0) is 0 Å². The average molecular weight is 130 g/mol. The highest BCUT2D eigenvalue weighted by atomic mass is 16.3. The first-order valence-electron chi connectivity index (χ1n) is 3.77. The zero-order chi connectivity index (χ0) is 6.69. The van der Waals surface area contributed by atoms with E-state index in [1.807, 2.05) is 0 Å². The standard InChI is InChI=1S/C7H15NO/c1-8-5-2-3-7(8)4-6-9/h7,9H,2-6H2,1H3/p+1/t7-/m0/s1. The predicted molar refractivity (Wildman–Crippen MR) is 36.5 cm³/mol. The molecule has 0 radical (unpaired) electrons. The van der Waals surface area contributed by atoms with Gasteiger partial charge in [-0.3, -0.25) is 0 Å². The SMILES string of the molecule is C[NH+]1CCC[C@H]1CCO. The Morgan fingerprint density at radius 3 is 2.89 bits per heavy atom. The lowest BCUT2D eigenvalue weighted by atomic mass is 10.2. The van der Waals surface area contributed by atoms with Gasteiger partial charge in [0.05, 0.1) is 19.6 Å². The molecule has 2 atom stereocenters. The molecule has 0 bridgehead atoms. The van der Waals surface area contributed by atoms with Crippen molar-refractivity contribution in [3.05, 3.63) is 0 Å². The van der Waals surface area contributed by atoms with E-state index < -0.39 is 0 Å². The van der Waals surface area contributed by atoms with Gasteiger partial charge in [-0.1, -0.05) is 0 Å². The molecule has 9 heavy (non-hydrogen) atoms. The molecular weight excluding hydrogens is 114 g/mol. The number of nitrogens with one attached hydrogen (secondary N) is 1. The van der Waals surface area contributed by atoms with Crippen LogP contribution in [0.4, 0.5) is 0 Å². The fourth-order valence-corrected chi connectivity index (χ4v) is 1.62. The van der Waals surface area contributed by atoms with Crippen LogP contribution < -0.4 is 4.90 Å². The largest absolute Gasteiger partial charge is 0.396 e. The van der Waals surface area contributed by atoms with Crippen molar-refractivity contribution in [1.29, 1.82) is 0 Å². The molecule has 2 nitrogen and oxygen atoms in total. The molecule has 0 aliphatic carbocycles. The summed E-state index contributed by atoms with van der Waals surface area (Å²) in [5.41, 5.74) is 0. The molecular formula is C7H16NO+. The second-order valence-electron chi connectivity index (χ2n) is 2.95. The molecule has 2 N–H and O–H groups in total. The first-order valence-corrected chi connectivity index (χ1v) is 3.77. The number of likely N-dealkylation sites (tertiary alicyclic amines) is 1. The Balaban J connectivity index is 2.22. The third kappa shape index (κ3) is 1.66. The smallest absolute Gasteiger partial charge is 0.0897 e. The Morgan fingerprint density at radius 2 is 2.44 bits per heavy atom. The minimum absolute atomic E-state index is 0.363. The third-order valence-corrected chi connectivity index (χ3v) is 2.30. The van der Waals surface area contributed by atoms with Gasteiger partial charge in [0.1, 0.15) is 0 Å². The minimum atomic E-state index is 0.363. The van der Waals surface area contributed by atoms with Gasteiger partial charge in [-0.05, 0) is 0 Å². The van der Waals surface area contributed by atoms with Crippen molar-refractivity contribution in [2.45, 2.75) is 25.3 Å². The summed E-state index contributed by atoms with van der Waals surface area (Å²) in [5, 5.41) is 8.63. The number of aliphatic hydroxyl groups excluding tert-OH is 1. The molecule has 1 heterocycles. The second kappa shape index (κ2) is 3.18. The quantitative estimate of drug-likeness (QED) is 0.495. The monoisotopic (exact) mass is 130 g/mol. The lowest BCUT2D eigenvalue weighted by Crippen LogP contribution is -3.10. The van der Waals surface area contributed by atoms with Gasteiger partial charge < -0.3 is 10.0 Å². The van der Waals surface area contributed by atoms with Crippen LogP contribution in [0.25, 0.3) is 0 Å². The summed E-state index contributed by atoms with van der Waals surface area (Å²) in [5.74, 6) is 0. The lowest BCUT2D eigenvalue weighted by Gasteiger charge is -2.14. The highest BCUT2D eigenvalue weighted by Crippen LogP contribution is 2.01. The van der Waals surface area contributed by atoms with Crippen LogP contribution in [-0.4, -0.2) is 31.3 Å². The molecule has 0 aromatic carbocycles. The highest BCUT2D eigenvalue weighted by molar-refractivity contribution is 4.60. The molecule has 0 saturated carbocycles. The van der Waals surface area contributed by atoms with Gasteiger partial charge >= 0.3 is 0 Å². The molecule has 1 aliphatic rings. The molecule has 1 rings (SSSR count). The van der Waals surface area contributed by atoms with E-state index in [0.29, 0.717) is 6.61 Å². The first kappa shape index (κ1) is 7.03. The van der Waals surface area contributed by atoms with E-state index in [1.165, 1.54) is 19.4 Å². The van der Waals surface area contributed by atoms with E-state index in [2.05, 4.69) is 7.05 Å². The zero-order valence-corrected chi connectivity index (χ0v) is 6.06. The summed E-state index contributed by atoms with van der Waals surface area (Å²) in [6, 6.07) is 0.745. The highest BCUT2D eigenvalue weighted by Gasteiger charge is 2.23. The molecule has 0 aromatic heterocycles. The first-order chi connectivity index (χ1) is 4.34. The van der Waals surface area contributed by atoms with E-state index in [4.69, 9.17) is 5.11 Å². The predicted octanol–water partition coefficient (Wildman–Crippen LogP) is -0.954. The Labute approximate surface area is 56.5 Å². The molecule has 1 unspecified atom stereocenters. The Kier molecular flexibility index (Phi) is 2.49. The van der Waals surface area contributed by atoms with Crippen LogP contribution in [0.2, 0.25) is 0 Å². The maximum absolute atomic E-state index is 8.63. The fourth-order valence-electron chi connectivity index (χ4n) is 1.62. The van der Waals surface area contributed by atoms with Crippen molar-refractivity contribution in [1.82, 2.24) is 0 Å². The van der Waals surface area contributed by atoms with Crippen molar-refractivity contribution < 1.29 is 10.0 Å². The number of rotatable bonds is 2. The fraction of sp³-hybridized carbons (Fsp3) is 1.00. The van der Waals surface area contributed by atoms with Crippen molar-refractivity contribution in [3.63, 3.8) is 0 Å². The lowest BCUT2D eigenvalue weighted by molar-refractivity contribution is -0.892. The molecule has 0 aromatic rings. The van der Waals surface area contributed by atoms with E-state index in [-0.39, 0.29) is 0 Å². The van der Waals surface area contributed by atoms with Crippen LogP contribution >= 0.6 is 0 Å². The summed E-state index contributed by atoms with van der Waals surface area (Å²) in [6.45, 7) is 1.66. The van der Waals surface area contributed by atoms with Gasteiger partial charge in [-0.25, -0.2) is 0 Å². The van der Waals surface area contributed by atoms with Crippen molar-refractivity contribution in [2.24, 2.45) is 0 Å². The van der Waals surface area contributed by atoms with E-state index in [1.54, 1.807) is 4.90 Å². The van der Waals surface area contributed by atoms with Crippen LogP contribution in [0.1, 0.15) is 19.3 Å². The van der Waals surface area contributed by atoms with Crippen molar-refractivity contribution >= 4 is 0 Å². The maximum Gasteiger partial charge on any atom is 0.0897 e. The van der Waals surface area contributed by atoms with Crippen LogP contribution in [0, 0.1) is 0 Å². The Hall–Kier alpha value is -0.0800. The molecule has 0 spiro atoms. The summed E-state index contributed by atoms with van der Waals surface area (Å²) < 4.78 is 0. The van der Waals surface area contributed by atoms with Gasteiger partial charge in [0, 0.05) is 25.9 Å². The van der Waals surface area contributed by atoms with Gasteiger partial charge in [0.15, 0.2) is 0 Å². The topological polar surface area (TPSA) is 24.7 Å². The van der Waals surface area contributed by atoms with Gasteiger partial charge in [-0.2, -0.15) is 0 Å². The molecule has 1 aliphatic heterocycles. The second-order valence-corrected chi connectivity index (χ2v) is 2.95.